The van der Waals surface area contributed by atoms with Gasteiger partial charge in [0.05, 0.1) is 0 Å². The van der Waals surface area contributed by atoms with Crippen LogP contribution < -0.4 is 5.32 Å². The van der Waals surface area contributed by atoms with Gasteiger partial charge in [0.25, 0.3) is 0 Å². The first-order valence-electron chi connectivity index (χ1n) is 5.85. The van der Waals surface area contributed by atoms with Gasteiger partial charge in [-0.1, -0.05) is 19.1 Å². The molecule has 2 rings (SSSR count). The summed E-state index contributed by atoms with van der Waals surface area (Å²) in [5, 5.41) is 3.21. The first-order valence-corrected chi connectivity index (χ1v) is 5.85. The Balaban J connectivity index is 0.00000162. The maximum Gasteiger partial charge on any atom is 0.227 e. The van der Waals surface area contributed by atoms with Crippen LogP contribution in [0, 0.1) is 13.8 Å². The standard InChI is InChI=1S/C14H17N3.ClH/c1-4-12-5-7-13(8-6-12)17-14-15-10(2)9-11(3)16-14;/h5-9H,4H2,1-3H3,(H,15,16,17);1H. The Morgan fingerprint density at radius 1 is 1.00 bits per heavy atom. The molecular weight excluding hydrogens is 246 g/mol. The number of halogens is 1. The first kappa shape index (κ1) is 14.5. The van der Waals surface area contributed by atoms with Gasteiger partial charge in [-0.3, -0.25) is 0 Å². The van der Waals surface area contributed by atoms with E-state index in [1.807, 2.05) is 19.9 Å². The minimum Gasteiger partial charge on any atom is -0.324 e. The molecule has 96 valence electrons. The fourth-order valence-corrected chi connectivity index (χ4v) is 1.73. The van der Waals surface area contributed by atoms with Gasteiger partial charge in [0.15, 0.2) is 0 Å². The fourth-order valence-electron chi connectivity index (χ4n) is 1.73. The molecule has 18 heavy (non-hydrogen) atoms. The monoisotopic (exact) mass is 263 g/mol. The van der Waals surface area contributed by atoms with Gasteiger partial charge in [0.2, 0.25) is 5.95 Å². The van der Waals surface area contributed by atoms with E-state index >= 15 is 0 Å². The Hall–Kier alpha value is -1.61. The minimum absolute atomic E-state index is 0. The SMILES string of the molecule is CCc1ccc(Nc2nc(C)cc(C)n2)cc1.Cl. The zero-order chi connectivity index (χ0) is 12.3. The maximum atomic E-state index is 4.35. The topological polar surface area (TPSA) is 37.8 Å². The van der Waals surface area contributed by atoms with E-state index in [0.29, 0.717) is 5.95 Å². The van der Waals surface area contributed by atoms with Crippen LogP contribution in [0.4, 0.5) is 11.6 Å². The van der Waals surface area contributed by atoms with Crippen molar-refractivity contribution < 1.29 is 0 Å². The molecule has 2 aromatic rings. The molecule has 0 aliphatic carbocycles. The number of hydrogen-bond donors (Lipinski definition) is 1. The van der Waals surface area contributed by atoms with E-state index in [4.69, 9.17) is 0 Å². The van der Waals surface area contributed by atoms with Gasteiger partial charge >= 0.3 is 0 Å². The Kier molecular flexibility index (Phi) is 5.10. The summed E-state index contributed by atoms with van der Waals surface area (Å²) in [6.45, 7) is 6.09. The van der Waals surface area contributed by atoms with E-state index in [1.165, 1.54) is 5.56 Å². The molecule has 0 fully saturated rings. The molecule has 3 nitrogen and oxygen atoms in total. The summed E-state index contributed by atoms with van der Waals surface area (Å²) in [5.41, 5.74) is 4.31. The van der Waals surface area contributed by atoms with Gasteiger partial charge in [0, 0.05) is 17.1 Å². The third kappa shape index (κ3) is 3.70. The number of rotatable bonds is 3. The van der Waals surface area contributed by atoms with Crippen molar-refractivity contribution in [3.05, 3.63) is 47.3 Å². The van der Waals surface area contributed by atoms with E-state index in [1.54, 1.807) is 0 Å². The lowest BCUT2D eigenvalue weighted by molar-refractivity contribution is 1.06. The Labute approximate surface area is 114 Å². The average molecular weight is 264 g/mol. The van der Waals surface area contributed by atoms with Gasteiger partial charge in [0.1, 0.15) is 0 Å². The number of hydrogen-bond acceptors (Lipinski definition) is 3. The Morgan fingerprint density at radius 2 is 1.56 bits per heavy atom. The molecule has 0 spiro atoms. The van der Waals surface area contributed by atoms with Gasteiger partial charge in [-0.2, -0.15) is 0 Å². The molecule has 0 atom stereocenters. The largest absolute Gasteiger partial charge is 0.324 e. The Bertz CT molecular complexity index is 489. The number of benzene rings is 1. The van der Waals surface area contributed by atoms with Gasteiger partial charge in [-0.05, 0) is 44.0 Å². The molecule has 0 aliphatic rings. The van der Waals surface area contributed by atoms with Crippen LogP contribution in [0.15, 0.2) is 30.3 Å². The summed E-state index contributed by atoms with van der Waals surface area (Å²) < 4.78 is 0. The minimum atomic E-state index is 0. The highest BCUT2D eigenvalue weighted by Gasteiger charge is 2.00. The normalized spacial score (nSPS) is 9.72. The quantitative estimate of drug-likeness (QED) is 0.915. The predicted octanol–water partition coefficient (Wildman–Crippen LogP) is 3.82. The lowest BCUT2D eigenvalue weighted by Gasteiger charge is -2.07. The summed E-state index contributed by atoms with van der Waals surface area (Å²) in [6.07, 6.45) is 1.06. The molecule has 1 heterocycles. The van der Waals surface area contributed by atoms with E-state index in [2.05, 4.69) is 46.5 Å². The molecule has 0 unspecified atom stereocenters. The molecule has 1 N–H and O–H groups in total. The van der Waals surface area contributed by atoms with Crippen LogP contribution in [0.1, 0.15) is 23.9 Å². The van der Waals surface area contributed by atoms with Crippen molar-refractivity contribution in [1.82, 2.24) is 9.97 Å². The van der Waals surface area contributed by atoms with Crippen molar-refractivity contribution in [2.75, 3.05) is 5.32 Å². The fraction of sp³-hybridized carbons (Fsp3) is 0.286. The van der Waals surface area contributed by atoms with Crippen molar-refractivity contribution in [1.29, 1.82) is 0 Å². The third-order valence-electron chi connectivity index (χ3n) is 2.60. The van der Waals surface area contributed by atoms with Crippen LogP contribution in [-0.2, 0) is 6.42 Å². The second-order valence-corrected chi connectivity index (χ2v) is 4.15. The zero-order valence-electron chi connectivity index (χ0n) is 10.9. The van der Waals surface area contributed by atoms with Crippen molar-refractivity contribution in [3.8, 4) is 0 Å². The molecular formula is C14H18ClN3. The molecule has 1 aromatic carbocycles. The number of nitrogens with zero attached hydrogens (tertiary/aromatic N) is 2. The third-order valence-corrected chi connectivity index (χ3v) is 2.60. The molecule has 1 aromatic heterocycles. The highest BCUT2D eigenvalue weighted by atomic mass is 35.5. The lowest BCUT2D eigenvalue weighted by Crippen LogP contribution is -1.99. The highest BCUT2D eigenvalue weighted by Crippen LogP contribution is 2.14. The number of aromatic nitrogens is 2. The van der Waals surface area contributed by atoms with Crippen LogP contribution in [-0.4, -0.2) is 9.97 Å². The van der Waals surface area contributed by atoms with Crippen LogP contribution >= 0.6 is 12.4 Å². The van der Waals surface area contributed by atoms with E-state index < -0.39 is 0 Å². The summed E-state index contributed by atoms with van der Waals surface area (Å²) in [5.74, 6) is 0.659. The smallest absolute Gasteiger partial charge is 0.227 e. The second-order valence-electron chi connectivity index (χ2n) is 4.15. The van der Waals surface area contributed by atoms with Crippen molar-refractivity contribution in [2.45, 2.75) is 27.2 Å². The average Bonchev–Trinajstić information content (AvgIpc) is 2.28. The molecule has 0 amide bonds. The van der Waals surface area contributed by atoms with Crippen LogP contribution in [0.3, 0.4) is 0 Å². The van der Waals surface area contributed by atoms with Crippen molar-refractivity contribution >= 4 is 24.0 Å². The van der Waals surface area contributed by atoms with Crippen molar-refractivity contribution in [3.63, 3.8) is 0 Å². The molecule has 4 heteroatoms. The molecule has 0 aliphatic heterocycles. The Morgan fingerprint density at radius 3 is 2.06 bits per heavy atom. The first-order chi connectivity index (χ1) is 8.17. The molecule has 0 saturated carbocycles. The summed E-state index contributed by atoms with van der Waals surface area (Å²) in [6, 6.07) is 10.3. The number of aryl methyl sites for hydroxylation is 3. The van der Waals surface area contributed by atoms with E-state index in [-0.39, 0.29) is 12.4 Å². The zero-order valence-corrected chi connectivity index (χ0v) is 11.7. The van der Waals surface area contributed by atoms with Gasteiger partial charge < -0.3 is 5.32 Å². The van der Waals surface area contributed by atoms with Gasteiger partial charge in [-0.25, -0.2) is 9.97 Å². The van der Waals surface area contributed by atoms with Gasteiger partial charge in [-0.15, -0.1) is 12.4 Å². The highest BCUT2D eigenvalue weighted by molar-refractivity contribution is 5.85. The van der Waals surface area contributed by atoms with Crippen LogP contribution in [0.5, 0.6) is 0 Å². The molecule has 0 radical (unpaired) electrons. The second kappa shape index (κ2) is 6.36. The number of anilines is 2. The number of nitrogens with one attached hydrogen (secondary N) is 1. The van der Waals surface area contributed by atoms with Crippen molar-refractivity contribution in [2.24, 2.45) is 0 Å². The predicted molar refractivity (Wildman–Crippen MR) is 77.9 cm³/mol. The van der Waals surface area contributed by atoms with Crippen LogP contribution in [0.2, 0.25) is 0 Å². The summed E-state index contributed by atoms with van der Waals surface area (Å²) >= 11 is 0. The van der Waals surface area contributed by atoms with E-state index in [0.717, 1.165) is 23.5 Å². The maximum absolute atomic E-state index is 4.35. The lowest BCUT2D eigenvalue weighted by atomic mass is 10.1. The van der Waals surface area contributed by atoms with Crippen LogP contribution in [0.25, 0.3) is 0 Å². The molecule has 0 bridgehead atoms. The van der Waals surface area contributed by atoms with E-state index in [9.17, 15) is 0 Å². The summed E-state index contributed by atoms with van der Waals surface area (Å²) in [4.78, 5) is 8.70. The summed E-state index contributed by atoms with van der Waals surface area (Å²) in [7, 11) is 0. The molecule has 0 saturated heterocycles.